The molecule has 3 aromatic carbocycles. The van der Waals surface area contributed by atoms with Gasteiger partial charge in [0.1, 0.15) is 5.82 Å². The second-order valence-electron chi connectivity index (χ2n) is 7.16. The van der Waals surface area contributed by atoms with Crippen molar-refractivity contribution in [3.63, 3.8) is 0 Å². The predicted molar refractivity (Wildman–Crippen MR) is 138 cm³/mol. The molecule has 0 aliphatic carbocycles. The highest BCUT2D eigenvalue weighted by Gasteiger charge is 2.15. The van der Waals surface area contributed by atoms with E-state index in [0.717, 1.165) is 0 Å². The predicted octanol–water partition coefficient (Wildman–Crippen LogP) is 5.61. The fourth-order valence-corrected chi connectivity index (χ4v) is 3.86. The number of benzene rings is 3. The minimum atomic E-state index is -1.04. The summed E-state index contributed by atoms with van der Waals surface area (Å²) in [5.74, 6) is -1.09. The number of rotatable bonds is 9. The van der Waals surface area contributed by atoms with Crippen molar-refractivity contribution in [2.75, 3.05) is 18.5 Å². The number of carboxylic acids is 1. The molecule has 0 bridgehead atoms. The summed E-state index contributed by atoms with van der Waals surface area (Å²) in [6.07, 6.45) is 1.66. The van der Waals surface area contributed by atoms with Crippen LogP contribution >= 0.6 is 22.6 Å². The van der Waals surface area contributed by atoms with Crippen LogP contribution in [0.2, 0.25) is 0 Å². The third-order valence-electron chi connectivity index (χ3n) is 4.68. The van der Waals surface area contributed by atoms with E-state index in [0.29, 0.717) is 44.1 Å². The van der Waals surface area contributed by atoms with Crippen molar-refractivity contribution in [1.82, 2.24) is 0 Å². The van der Waals surface area contributed by atoms with Gasteiger partial charge in [-0.1, -0.05) is 12.1 Å². The Hall–Kier alpha value is -3.91. The topological polar surface area (TPSA) is 109 Å². The number of ether oxygens (including phenoxy) is 2. The summed E-state index contributed by atoms with van der Waals surface area (Å²) < 4.78 is 25.1. The molecule has 3 rings (SSSR count). The van der Waals surface area contributed by atoms with E-state index in [4.69, 9.17) is 14.6 Å². The van der Waals surface area contributed by atoms with E-state index in [1.165, 1.54) is 36.4 Å². The first-order valence-electron chi connectivity index (χ1n) is 10.4. The van der Waals surface area contributed by atoms with Crippen LogP contribution in [0.25, 0.3) is 11.6 Å². The van der Waals surface area contributed by atoms with Gasteiger partial charge in [0.15, 0.2) is 18.1 Å². The molecule has 0 unspecified atom stereocenters. The molecular weight excluding hydrogens is 566 g/mol. The standard InChI is InChI=1S/C26H20FIN2O5/c1-2-34-23-13-16(11-19(14-29)17-3-5-18(6-4-17)26(32)33)12-22(28)25(23)35-15-24(31)30-21-9-7-20(27)8-10-21/h3-13H,2,15H2,1H3,(H,30,31)(H,32,33)/b19-11-. The highest BCUT2D eigenvalue weighted by molar-refractivity contribution is 14.1. The number of nitrogens with zero attached hydrogens (tertiary/aromatic N) is 1. The summed E-state index contributed by atoms with van der Waals surface area (Å²) in [6, 6.07) is 17.0. The van der Waals surface area contributed by atoms with Crippen LogP contribution in [0.15, 0.2) is 60.7 Å². The van der Waals surface area contributed by atoms with E-state index >= 15 is 0 Å². The van der Waals surface area contributed by atoms with E-state index in [1.807, 2.05) is 6.92 Å². The monoisotopic (exact) mass is 586 g/mol. The van der Waals surface area contributed by atoms with Gasteiger partial charge in [-0.3, -0.25) is 4.79 Å². The van der Waals surface area contributed by atoms with Crippen molar-refractivity contribution in [3.8, 4) is 17.6 Å². The Balaban J connectivity index is 1.81. The van der Waals surface area contributed by atoms with Crippen LogP contribution in [0.4, 0.5) is 10.1 Å². The van der Waals surface area contributed by atoms with Crippen LogP contribution < -0.4 is 14.8 Å². The number of carboxylic acid groups (broad SMARTS) is 1. The van der Waals surface area contributed by atoms with Gasteiger partial charge in [0.05, 0.1) is 27.4 Å². The zero-order valence-electron chi connectivity index (χ0n) is 18.5. The third kappa shape index (κ3) is 7.04. The average Bonchev–Trinajstić information content (AvgIpc) is 2.83. The molecule has 0 heterocycles. The van der Waals surface area contributed by atoms with Crippen molar-refractivity contribution in [1.29, 1.82) is 5.26 Å². The fourth-order valence-electron chi connectivity index (χ4n) is 3.08. The van der Waals surface area contributed by atoms with Crippen molar-refractivity contribution >= 4 is 51.8 Å². The first-order valence-corrected chi connectivity index (χ1v) is 11.5. The van der Waals surface area contributed by atoms with Gasteiger partial charge in [0.25, 0.3) is 5.91 Å². The summed E-state index contributed by atoms with van der Waals surface area (Å²) in [5.41, 5.74) is 2.15. The first-order chi connectivity index (χ1) is 16.8. The van der Waals surface area contributed by atoms with Gasteiger partial charge in [0, 0.05) is 5.69 Å². The Kier molecular flexibility index (Phi) is 8.80. The molecule has 178 valence electrons. The van der Waals surface area contributed by atoms with Crippen LogP contribution in [-0.4, -0.2) is 30.2 Å². The minimum absolute atomic E-state index is 0.129. The Morgan fingerprint density at radius 2 is 1.74 bits per heavy atom. The number of hydrogen-bond donors (Lipinski definition) is 2. The lowest BCUT2D eigenvalue weighted by molar-refractivity contribution is -0.118. The molecule has 0 aliphatic heterocycles. The van der Waals surface area contributed by atoms with Crippen LogP contribution in [0.5, 0.6) is 11.5 Å². The smallest absolute Gasteiger partial charge is 0.335 e. The number of carbonyl (C=O) groups is 2. The summed E-state index contributed by atoms with van der Waals surface area (Å²) in [4.78, 5) is 23.3. The lowest BCUT2D eigenvalue weighted by atomic mass is 10.0. The SMILES string of the molecule is CCOc1cc(/C=C(/C#N)c2ccc(C(=O)O)cc2)cc(I)c1OCC(=O)Nc1ccc(F)cc1. The van der Waals surface area contributed by atoms with E-state index in [2.05, 4.69) is 34.0 Å². The number of nitrogens with one attached hydrogen (secondary N) is 1. The van der Waals surface area contributed by atoms with Crippen LogP contribution in [0, 0.1) is 20.7 Å². The molecule has 0 fully saturated rings. The van der Waals surface area contributed by atoms with Gasteiger partial charge < -0.3 is 19.9 Å². The first kappa shape index (κ1) is 25.7. The van der Waals surface area contributed by atoms with Gasteiger partial charge in [-0.15, -0.1) is 0 Å². The molecule has 0 atom stereocenters. The van der Waals surface area contributed by atoms with Gasteiger partial charge >= 0.3 is 5.97 Å². The molecule has 7 nitrogen and oxygen atoms in total. The quantitative estimate of drug-likeness (QED) is 0.192. The van der Waals surface area contributed by atoms with Crippen LogP contribution in [0.3, 0.4) is 0 Å². The number of halogens is 2. The highest BCUT2D eigenvalue weighted by atomic mass is 127. The normalized spacial score (nSPS) is 10.9. The molecule has 9 heteroatoms. The number of amides is 1. The van der Waals surface area contributed by atoms with E-state index in [-0.39, 0.29) is 12.2 Å². The maximum atomic E-state index is 13.0. The van der Waals surface area contributed by atoms with Crippen molar-refractivity contribution in [3.05, 3.63) is 86.7 Å². The van der Waals surface area contributed by atoms with Crippen molar-refractivity contribution in [2.45, 2.75) is 6.92 Å². The fraction of sp³-hybridized carbons (Fsp3) is 0.115. The van der Waals surface area contributed by atoms with Crippen molar-refractivity contribution in [2.24, 2.45) is 0 Å². The Morgan fingerprint density at radius 3 is 2.34 bits per heavy atom. The molecule has 0 saturated heterocycles. The number of aromatic carboxylic acids is 1. The number of allylic oxidation sites excluding steroid dienone is 1. The summed E-state index contributed by atoms with van der Waals surface area (Å²) in [7, 11) is 0. The molecule has 0 aliphatic rings. The van der Waals surface area contributed by atoms with Gasteiger partial charge in [-0.05, 0) is 95.2 Å². The molecular formula is C26H20FIN2O5. The lowest BCUT2D eigenvalue weighted by Gasteiger charge is -2.15. The average molecular weight is 586 g/mol. The minimum Gasteiger partial charge on any atom is -0.490 e. The van der Waals surface area contributed by atoms with Crippen LogP contribution in [0.1, 0.15) is 28.4 Å². The summed E-state index contributed by atoms with van der Waals surface area (Å²) >= 11 is 2.05. The highest BCUT2D eigenvalue weighted by Crippen LogP contribution is 2.35. The third-order valence-corrected chi connectivity index (χ3v) is 5.48. The van der Waals surface area contributed by atoms with Gasteiger partial charge in [-0.25, -0.2) is 9.18 Å². The number of anilines is 1. The second kappa shape index (κ2) is 12.0. The molecule has 35 heavy (non-hydrogen) atoms. The second-order valence-corrected chi connectivity index (χ2v) is 8.32. The van der Waals surface area contributed by atoms with E-state index in [9.17, 15) is 19.2 Å². The van der Waals surface area contributed by atoms with Crippen molar-refractivity contribution < 1.29 is 28.6 Å². The molecule has 0 spiro atoms. The Bertz CT molecular complexity index is 1300. The summed E-state index contributed by atoms with van der Waals surface area (Å²) in [5, 5.41) is 21.3. The molecule has 1 amide bonds. The van der Waals surface area contributed by atoms with E-state index in [1.54, 1.807) is 30.3 Å². The van der Waals surface area contributed by atoms with Gasteiger partial charge in [-0.2, -0.15) is 5.26 Å². The maximum Gasteiger partial charge on any atom is 0.335 e. The van der Waals surface area contributed by atoms with Gasteiger partial charge in [0.2, 0.25) is 0 Å². The number of carbonyl (C=O) groups excluding carboxylic acids is 1. The molecule has 0 aromatic heterocycles. The largest absolute Gasteiger partial charge is 0.490 e. The van der Waals surface area contributed by atoms with E-state index < -0.39 is 17.7 Å². The summed E-state index contributed by atoms with van der Waals surface area (Å²) in [6.45, 7) is 1.87. The lowest BCUT2D eigenvalue weighted by Crippen LogP contribution is -2.20. The maximum absolute atomic E-state index is 13.0. The zero-order valence-corrected chi connectivity index (χ0v) is 20.7. The number of hydrogen-bond acceptors (Lipinski definition) is 5. The Morgan fingerprint density at radius 1 is 1.09 bits per heavy atom. The molecule has 3 aromatic rings. The number of nitriles is 1. The molecule has 0 saturated carbocycles. The zero-order chi connectivity index (χ0) is 25.4. The molecule has 2 N–H and O–H groups in total. The Labute approximate surface area is 214 Å². The molecule has 0 radical (unpaired) electrons. The van der Waals surface area contributed by atoms with Crippen LogP contribution in [-0.2, 0) is 4.79 Å².